The van der Waals surface area contributed by atoms with E-state index in [1.165, 1.54) is 35.4 Å². The molecule has 0 aromatic carbocycles. The Labute approximate surface area is 135 Å². The number of rotatable bonds is 7. The van der Waals surface area contributed by atoms with Crippen LogP contribution in [0, 0.1) is 0 Å². The van der Waals surface area contributed by atoms with Gasteiger partial charge in [-0.2, -0.15) is 0 Å². The Bertz CT molecular complexity index is 614. The van der Waals surface area contributed by atoms with Crippen molar-refractivity contribution in [3.8, 4) is 0 Å². The molecule has 22 heavy (non-hydrogen) atoms. The highest BCUT2D eigenvalue weighted by Gasteiger charge is 2.11. The van der Waals surface area contributed by atoms with Crippen LogP contribution in [0.3, 0.4) is 0 Å². The molecule has 0 atom stereocenters. The molecule has 0 aliphatic carbocycles. The molecule has 0 unspecified atom stereocenters. The van der Waals surface area contributed by atoms with Gasteiger partial charge in [0.25, 0.3) is 0 Å². The molecule has 8 nitrogen and oxygen atoms in total. The van der Waals surface area contributed by atoms with Crippen molar-refractivity contribution in [3.05, 3.63) is 24.2 Å². The highest BCUT2D eigenvalue weighted by atomic mass is 32.2. The van der Waals surface area contributed by atoms with Crippen molar-refractivity contribution in [1.29, 1.82) is 0 Å². The lowest BCUT2D eigenvalue weighted by atomic mass is 10.4. The third kappa shape index (κ3) is 5.04. The molecule has 0 spiro atoms. The summed E-state index contributed by atoms with van der Waals surface area (Å²) in [5.41, 5.74) is 4.57. The lowest BCUT2D eigenvalue weighted by molar-refractivity contribution is -0.119. The van der Waals surface area contributed by atoms with E-state index in [0.29, 0.717) is 4.34 Å². The molecule has 3 N–H and O–H groups in total. The van der Waals surface area contributed by atoms with Gasteiger partial charge in [0, 0.05) is 6.54 Å². The van der Waals surface area contributed by atoms with Crippen LogP contribution in [0.4, 0.5) is 5.13 Å². The van der Waals surface area contributed by atoms with Crippen molar-refractivity contribution >= 4 is 40.0 Å². The Morgan fingerprint density at radius 1 is 1.36 bits per heavy atom. The average Bonchev–Trinajstić information content (AvgIpc) is 3.19. The van der Waals surface area contributed by atoms with Crippen molar-refractivity contribution in [3.63, 3.8) is 0 Å². The van der Waals surface area contributed by atoms with Crippen LogP contribution in [0.2, 0.25) is 0 Å². The maximum atomic E-state index is 11.6. The lowest BCUT2D eigenvalue weighted by Crippen LogP contribution is -2.42. The predicted molar refractivity (Wildman–Crippen MR) is 83.7 cm³/mol. The highest BCUT2D eigenvalue weighted by Crippen LogP contribution is 2.24. The summed E-state index contributed by atoms with van der Waals surface area (Å²) in [6, 6.07) is 3.09. The smallest absolute Gasteiger partial charge is 0.305 e. The fraction of sp³-hybridized carbons (Fsp3) is 0.333. The predicted octanol–water partition coefficient (Wildman–Crippen LogP) is 1.51. The van der Waals surface area contributed by atoms with E-state index < -0.39 is 5.91 Å². The zero-order valence-electron chi connectivity index (χ0n) is 11.8. The molecular weight excluding hydrogens is 326 g/mol. The maximum absolute atomic E-state index is 11.6. The van der Waals surface area contributed by atoms with Crippen LogP contribution in [0.25, 0.3) is 0 Å². The van der Waals surface area contributed by atoms with E-state index in [0.717, 1.165) is 18.1 Å². The van der Waals surface area contributed by atoms with Crippen LogP contribution in [-0.2, 0) is 4.79 Å². The normalized spacial score (nSPS) is 10.2. The third-order valence-electron chi connectivity index (χ3n) is 2.32. The summed E-state index contributed by atoms with van der Waals surface area (Å²) in [6.07, 6.45) is 2.38. The molecule has 2 aromatic rings. The van der Waals surface area contributed by atoms with Crippen molar-refractivity contribution in [2.75, 3.05) is 17.6 Å². The number of thioether (sulfide) groups is 1. The largest absolute Gasteiger partial charge is 0.459 e. The van der Waals surface area contributed by atoms with E-state index in [4.69, 9.17) is 4.42 Å². The number of hydrogen-bond acceptors (Lipinski definition) is 8. The molecule has 2 amide bonds. The third-order valence-corrected chi connectivity index (χ3v) is 4.33. The molecule has 2 aromatic heterocycles. The number of carbonyl (C=O) groups is 2. The maximum Gasteiger partial charge on any atom is 0.305 e. The minimum absolute atomic E-state index is 0.126. The quantitative estimate of drug-likeness (QED) is 0.517. The molecule has 0 radical (unpaired) electrons. The van der Waals surface area contributed by atoms with Crippen molar-refractivity contribution in [2.24, 2.45) is 0 Å². The number of furan rings is 1. The summed E-state index contributed by atoms with van der Waals surface area (Å²) in [4.78, 5) is 23.2. The minimum atomic E-state index is -0.509. The molecule has 2 rings (SSSR count). The number of carbonyl (C=O) groups excluding carboxylic acids is 2. The van der Waals surface area contributed by atoms with E-state index in [-0.39, 0.29) is 17.4 Å². The monoisotopic (exact) mass is 341 g/mol. The van der Waals surface area contributed by atoms with Crippen LogP contribution >= 0.6 is 23.1 Å². The Morgan fingerprint density at radius 2 is 2.23 bits per heavy atom. The first-order chi connectivity index (χ1) is 10.7. The molecule has 0 bridgehead atoms. The molecule has 0 aliphatic heterocycles. The number of hydrogen-bond donors (Lipinski definition) is 3. The van der Waals surface area contributed by atoms with Gasteiger partial charge in [-0.1, -0.05) is 30.0 Å². The van der Waals surface area contributed by atoms with Crippen LogP contribution in [0.5, 0.6) is 0 Å². The summed E-state index contributed by atoms with van der Waals surface area (Å²) < 4.78 is 5.59. The van der Waals surface area contributed by atoms with E-state index in [2.05, 4.69) is 33.3 Å². The van der Waals surface area contributed by atoms with E-state index in [9.17, 15) is 9.59 Å². The van der Waals surface area contributed by atoms with Crippen molar-refractivity contribution in [1.82, 2.24) is 21.0 Å². The zero-order valence-corrected chi connectivity index (χ0v) is 13.4. The van der Waals surface area contributed by atoms with Gasteiger partial charge >= 0.3 is 5.91 Å². The van der Waals surface area contributed by atoms with E-state index >= 15 is 0 Å². The Morgan fingerprint density at radius 3 is 2.95 bits per heavy atom. The summed E-state index contributed by atoms with van der Waals surface area (Å²) in [7, 11) is 0. The van der Waals surface area contributed by atoms with Gasteiger partial charge in [-0.05, 0) is 18.6 Å². The van der Waals surface area contributed by atoms with Gasteiger partial charge in [-0.25, -0.2) is 0 Å². The zero-order chi connectivity index (χ0) is 15.8. The molecule has 2 heterocycles. The van der Waals surface area contributed by atoms with Crippen LogP contribution in [0.15, 0.2) is 27.2 Å². The van der Waals surface area contributed by atoms with Gasteiger partial charge in [0.2, 0.25) is 11.0 Å². The van der Waals surface area contributed by atoms with Crippen molar-refractivity contribution < 1.29 is 14.0 Å². The second kappa shape index (κ2) is 8.39. The molecule has 10 heteroatoms. The van der Waals surface area contributed by atoms with Crippen LogP contribution in [-0.4, -0.2) is 34.3 Å². The number of aromatic nitrogens is 2. The first kappa shape index (κ1) is 16.3. The van der Waals surface area contributed by atoms with Gasteiger partial charge in [-0.3, -0.25) is 20.4 Å². The summed E-state index contributed by atoms with van der Waals surface area (Å²) in [5, 5.41) is 11.8. The molecule has 0 saturated heterocycles. The lowest BCUT2D eigenvalue weighted by Gasteiger charge is -2.04. The van der Waals surface area contributed by atoms with Crippen LogP contribution in [0.1, 0.15) is 23.9 Å². The summed E-state index contributed by atoms with van der Waals surface area (Å²) in [5.74, 6) is -0.599. The molecule has 118 valence electrons. The fourth-order valence-electron chi connectivity index (χ4n) is 1.33. The molecular formula is C12H15N5O3S2. The number of anilines is 1. The van der Waals surface area contributed by atoms with Crippen molar-refractivity contribution in [2.45, 2.75) is 17.7 Å². The first-order valence-electron chi connectivity index (χ1n) is 6.52. The van der Waals surface area contributed by atoms with Gasteiger partial charge in [-0.15, -0.1) is 10.2 Å². The van der Waals surface area contributed by atoms with Gasteiger partial charge in [0.1, 0.15) is 0 Å². The summed E-state index contributed by atoms with van der Waals surface area (Å²) in [6.45, 7) is 2.89. The second-order valence-electron chi connectivity index (χ2n) is 4.07. The second-order valence-corrected chi connectivity index (χ2v) is 6.27. The molecule has 0 fully saturated rings. The minimum Gasteiger partial charge on any atom is -0.459 e. The molecule has 0 aliphatic rings. The molecule has 0 saturated carbocycles. The van der Waals surface area contributed by atoms with Gasteiger partial charge in [0.05, 0.1) is 12.0 Å². The Kier molecular flexibility index (Phi) is 6.22. The Balaban J connectivity index is 1.69. The number of nitrogens with one attached hydrogen (secondary N) is 3. The highest BCUT2D eigenvalue weighted by molar-refractivity contribution is 8.01. The fourth-order valence-corrected chi connectivity index (χ4v) is 2.91. The average molecular weight is 341 g/mol. The summed E-state index contributed by atoms with van der Waals surface area (Å²) >= 11 is 2.63. The van der Waals surface area contributed by atoms with E-state index in [1.807, 2.05) is 0 Å². The SMILES string of the molecule is CCCNc1nnc(SCC(=O)NNC(=O)c2ccco2)s1. The number of nitrogens with zero attached hydrogens (tertiary/aromatic N) is 2. The number of hydrazine groups is 1. The first-order valence-corrected chi connectivity index (χ1v) is 8.32. The van der Waals surface area contributed by atoms with Crippen LogP contribution < -0.4 is 16.2 Å². The Hall–Kier alpha value is -2.07. The standard InChI is InChI=1S/C12H15N5O3S2/c1-2-5-13-11-16-17-12(22-11)21-7-9(18)14-15-10(19)8-4-3-6-20-8/h3-4,6H,2,5,7H2,1H3,(H,13,16)(H,14,18)(H,15,19). The van der Waals surface area contributed by atoms with Gasteiger partial charge < -0.3 is 9.73 Å². The topological polar surface area (TPSA) is 109 Å². The van der Waals surface area contributed by atoms with Gasteiger partial charge in [0.15, 0.2) is 10.1 Å². The number of amides is 2. The van der Waals surface area contributed by atoms with E-state index in [1.54, 1.807) is 6.07 Å².